The van der Waals surface area contributed by atoms with Crippen molar-refractivity contribution in [2.75, 3.05) is 11.5 Å². The third-order valence-corrected chi connectivity index (χ3v) is 12.3. The van der Waals surface area contributed by atoms with Gasteiger partial charge in [-0.1, -0.05) is 0 Å². The summed E-state index contributed by atoms with van der Waals surface area (Å²) in [7, 11) is -10.3. The third kappa shape index (κ3) is 9.20. The van der Waals surface area contributed by atoms with Gasteiger partial charge in [0.2, 0.25) is 12.2 Å². The molecular weight excluding hydrogens is 740 g/mol. The standard InChI is InChI=1S/2C14H19F3O5S.Zn/c2*15-14(16,17)11(7-23(19,20)21)22-12(18)13-4-8-1-9(5-13)3-10(2-8)6-13;/h2*8-11H,1-7H2,(H,19,20,21);/q;;+2/p-2. The van der Waals surface area contributed by atoms with Crippen molar-refractivity contribution in [3.05, 3.63) is 0 Å². The predicted octanol–water partition coefficient (Wildman–Crippen LogP) is 4.44. The molecule has 8 bridgehead atoms. The van der Waals surface area contributed by atoms with Gasteiger partial charge < -0.3 is 18.6 Å². The Morgan fingerprint density at radius 3 is 0.957 bits per heavy atom. The van der Waals surface area contributed by atoms with Crippen molar-refractivity contribution < 1.29 is 90.8 Å². The third-order valence-electron chi connectivity index (χ3n) is 10.9. The SMILES string of the molecule is O=C(OC(CS(=O)(=O)[O-])C(F)(F)F)C12CC3CC(CC(C3)C1)C2.O=C(OC(CS(=O)(=O)[O-])C(F)(F)F)C12CC3CC(CC(C3)C1)C2.[Zn+2]. The Morgan fingerprint density at radius 1 is 0.574 bits per heavy atom. The molecule has 8 rings (SSSR count). The van der Waals surface area contributed by atoms with Crippen LogP contribution >= 0.6 is 0 Å². The van der Waals surface area contributed by atoms with Crippen LogP contribution < -0.4 is 0 Å². The number of ether oxygens (including phenoxy) is 2. The van der Waals surface area contributed by atoms with E-state index in [1.807, 2.05) is 0 Å². The Kier molecular flexibility index (Phi) is 10.9. The number of halogens is 6. The summed E-state index contributed by atoms with van der Waals surface area (Å²) in [5.74, 6) is -3.50. The molecule has 8 saturated carbocycles. The van der Waals surface area contributed by atoms with Crippen LogP contribution in [0.25, 0.3) is 0 Å². The van der Waals surface area contributed by atoms with Gasteiger partial charge in [0.1, 0.15) is 0 Å². The van der Waals surface area contributed by atoms with Gasteiger partial charge in [0.25, 0.3) is 0 Å². The van der Waals surface area contributed by atoms with Crippen LogP contribution in [0.5, 0.6) is 0 Å². The molecule has 264 valence electrons. The maximum Gasteiger partial charge on any atom is 2.00 e. The fourth-order valence-corrected chi connectivity index (χ4v) is 11.2. The smallest absolute Gasteiger partial charge is 0.748 e. The zero-order chi connectivity index (χ0) is 34.1. The zero-order valence-electron chi connectivity index (χ0n) is 25.4. The molecule has 10 nitrogen and oxygen atoms in total. The molecule has 0 aromatic carbocycles. The zero-order valence-corrected chi connectivity index (χ0v) is 30.0. The molecule has 0 radical (unpaired) electrons. The Hall–Kier alpha value is -1.04. The second kappa shape index (κ2) is 13.3. The summed E-state index contributed by atoms with van der Waals surface area (Å²) in [4.78, 5) is 24.8. The average Bonchev–Trinajstić information content (AvgIpc) is 2.84. The molecule has 8 aliphatic rings. The molecule has 0 saturated heterocycles. The van der Waals surface area contributed by atoms with Crippen LogP contribution in [0.15, 0.2) is 0 Å². The van der Waals surface area contributed by atoms with Crippen molar-refractivity contribution in [3.8, 4) is 0 Å². The van der Waals surface area contributed by atoms with Crippen molar-refractivity contribution >= 4 is 32.2 Å². The molecule has 0 spiro atoms. The summed E-state index contributed by atoms with van der Waals surface area (Å²) in [5, 5.41) is 0. The molecule has 8 fully saturated rings. The summed E-state index contributed by atoms with van der Waals surface area (Å²) in [6, 6.07) is 0. The first-order chi connectivity index (χ1) is 20.9. The molecule has 0 aliphatic heterocycles. The monoisotopic (exact) mass is 774 g/mol. The Labute approximate surface area is 281 Å². The van der Waals surface area contributed by atoms with Gasteiger partial charge >= 0.3 is 43.8 Å². The van der Waals surface area contributed by atoms with E-state index in [1.165, 1.54) is 0 Å². The first kappa shape index (κ1) is 38.8. The maximum absolute atomic E-state index is 12.9. The number of carbonyl (C=O) groups excluding carboxylic acids is 2. The quantitative estimate of drug-likeness (QED) is 0.149. The number of hydrogen-bond acceptors (Lipinski definition) is 10. The van der Waals surface area contributed by atoms with Crippen molar-refractivity contribution in [1.29, 1.82) is 0 Å². The van der Waals surface area contributed by atoms with Crippen LogP contribution in [0.1, 0.15) is 77.0 Å². The predicted molar refractivity (Wildman–Crippen MR) is 142 cm³/mol. The second-order valence-electron chi connectivity index (χ2n) is 14.7. The first-order valence-electron chi connectivity index (χ1n) is 15.4. The van der Waals surface area contributed by atoms with Gasteiger partial charge in [-0.25, -0.2) is 16.8 Å². The minimum atomic E-state index is -5.16. The van der Waals surface area contributed by atoms with Gasteiger partial charge in [-0.2, -0.15) is 26.3 Å². The van der Waals surface area contributed by atoms with E-state index in [4.69, 9.17) is 0 Å². The van der Waals surface area contributed by atoms with Crippen LogP contribution in [-0.2, 0) is 58.8 Å². The number of alkyl halides is 6. The Bertz CT molecular complexity index is 1240. The van der Waals surface area contributed by atoms with Crippen molar-refractivity contribution in [2.45, 2.75) is 102 Å². The summed E-state index contributed by atoms with van der Waals surface area (Å²) in [6.45, 7) is 0. The Balaban J connectivity index is 0.000000208. The number of hydrogen-bond donors (Lipinski definition) is 0. The Morgan fingerprint density at radius 2 is 0.787 bits per heavy atom. The maximum atomic E-state index is 12.9. The number of esters is 2. The minimum absolute atomic E-state index is 0. The summed E-state index contributed by atoms with van der Waals surface area (Å²) in [5.41, 5.74) is -1.85. The van der Waals surface area contributed by atoms with E-state index in [2.05, 4.69) is 9.47 Å². The van der Waals surface area contributed by atoms with Crippen LogP contribution in [0, 0.1) is 46.3 Å². The van der Waals surface area contributed by atoms with E-state index in [-0.39, 0.29) is 19.5 Å². The van der Waals surface area contributed by atoms with E-state index in [9.17, 15) is 61.9 Å². The van der Waals surface area contributed by atoms with Crippen molar-refractivity contribution in [3.63, 3.8) is 0 Å². The number of carbonyl (C=O) groups is 2. The summed E-state index contributed by atoms with van der Waals surface area (Å²) >= 11 is 0. The van der Waals surface area contributed by atoms with Gasteiger partial charge in [-0.05, 0) is 113 Å². The van der Waals surface area contributed by atoms with Crippen LogP contribution in [-0.4, -0.2) is 73.9 Å². The first-order valence-corrected chi connectivity index (χ1v) is 18.5. The summed E-state index contributed by atoms with van der Waals surface area (Å²) in [6.07, 6.45) is -6.85. The van der Waals surface area contributed by atoms with Gasteiger partial charge in [-0.3, -0.25) is 9.59 Å². The second-order valence-corrected chi connectivity index (χ2v) is 17.6. The molecule has 2 unspecified atom stereocenters. The van der Waals surface area contributed by atoms with Crippen LogP contribution in [0.4, 0.5) is 26.3 Å². The molecule has 0 aromatic heterocycles. The molecule has 2 atom stereocenters. The summed E-state index contributed by atoms with van der Waals surface area (Å²) < 4.78 is 151. The largest absolute Gasteiger partial charge is 2.00 e. The van der Waals surface area contributed by atoms with E-state index in [0.29, 0.717) is 74.0 Å². The fourth-order valence-electron chi connectivity index (χ4n) is 9.99. The molecule has 8 aliphatic carbocycles. The van der Waals surface area contributed by atoms with Crippen LogP contribution in [0.3, 0.4) is 0 Å². The molecule has 0 aromatic rings. The van der Waals surface area contributed by atoms with Crippen molar-refractivity contribution in [1.82, 2.24) is 0 Å². The minimum Gasteiger partial charge on any atom is -0.748 e. The van der Waals surface area contributed by atoms with E-state index >= 15 is 0 Å². The van der Waals surface area contributed by atoms with E-state index in [0.717, 1.165) is 38.5 Å². The van der Waals surface area contributed by atoms with Gasteiger partial charge in [0.05, 0.1) is 42.6 Å². The topological polar surface area (TPSA) is 167 Å². The normalized spacial score (nSPS) is 36.9. The fraction of sp³-hybridized carbons (Fsp3) is 0.929. The molecular formula is C28H36F6O10S2Zn. The molecule has 47 heavy (non-hydrogen) atoms. The van der Waals surface area contributed by atoms with Crippen LogP contribution in [0.2, 0.25) is 0 Å². The number of rotatable bonds is 8. The van der Waals surface area contributed by atoms with Gasteiger partial charge in [0, 0.05) is 0 Å². The van der Waals surface area contributed by atoms with Crippen molar-refractivity contribution in [2.24, 2.45) is 46.3 Å². The van der Waals surface area contributed by atoms with Gasteiger partial charge in [-0.15, -0.1) is 0 Å². The van der Waals surface area contributed by atoms with Gasteiger partial charge in [0.15, 0.2) is 0 Å². The average molecular weight is 776 g/mol. The molecule has 0 amide bonds. The van der Waals surface area contributed by atoms with E-state index < -0.39 is 79.1 Å². The van der Waals surface area contributed by atoms with E-state index in [1.54, 1.807) is 0 Å². The molecule has 19 heteroatoms. The molecule has 0 heterocycles. The molecule has 0 N–H and O–H groups in total.